The third-order valence-corrected chi connectivity index (χ3v) is 3.00. The van der Waals surface area contributed by atoms with Gasteiger partial charge in [0, 0.05) is 18.5 Å². The van der Waals surface area contributed by atoms with Gasteiger partial charge in [-0.15, -0.1) is 0 Å². The van der Waals surface area contributed by atoms with Crippen LogP contribution in [-0.4, -0.2) is 35.5 Å². The third kappa shape index (κ3) is 2.39. The van der Waals surface area contributed by atoms with Crippen molar-refractivity contribution in [3.05, 3.63) is 29.8 Å². The Morgan fingerprint density at radius 1 is 1.58 bits per heavy atom. The fraction of sp³-hybridized carbons (Fsp3) is 0.385. The van der Waals surface area contributed by atoms with Gasteiger partial charge in [-0.1, -0.05) is 17.3 Å². The van der Waals surface area contributed by atoms with Crippen LogP contribution < -0.4 is 10.5 Å². The molecule has 0 bridgehead atoms. The number of carbonyl (C=O) groups is 1. The summed E-state index contributed by atoms with van der Waals surface area (Å²) < 4.78 is 5.50. The Labute approximate surface area is 110 Å². The molecule has 2 rings (SSSR count). The van der Waals surface area contributed by atoms with E-state index >= 15 is 0 Å². The average Bonchev–Trinajstić information content (AvgIpc) is 2.85. The molecule has 1 unspecified atom stereocenters. The van der Waals surface area contributed by atoms with Crippen LogP contribution in [0.1, 0.15) is 18.9 Å². The summed E-state index contributed by atoms with van der Waals surface area (Å²) >= 11 is 0. The summed E-state index contributed by atoms with van der Waals surface area (Å²) in [5, 5.41) is 13.1. The molecular weight excluding hydrogens is 248 g/mol. The molecule has 0 amide bonds. The molecule has 6 heteroatoms. The Morgan fingerprint density at radius 2 is 2.32 bits per heavy atom. The lowest BCUT2D eigenvalue weighted by atomic mass is 9.94. The van der Waals surface area contributed by atoms with Gasteiger partial charge in [-0.05, 0) is 19.1 Å². The molecular formula is C13H16N2O4. The third-order valence-electron chi connectivity index (χ3n) is 3.00. The molecule has 0 aromatic heterocycles. The molecule has 0 spiro atoms. The molecule has 0 radical (unpaired) electrons. The molecule has 102 valence electrons. The smallest absolute Gasteiger partial charge is 0.352 e. The summed E-state index contributed by atoms with van der Waals surface area (Å²) in [7, 11) is 0. The van der Waals surface area contributed by atoms with E-state index in [-0.39, 0.29) is 13.0 Å². The number of nitrogens with two attached hydrogens (primary N) is 1. The van der Waals surface area contributed by atoms with Crippen molar-refractivity contribution in [1.29, 1.82) is 0 Å². The predicted molar refractivity (Wildman–Crippen MR) is 69.3 cm³/mol. The number of nitrogens with zero attached hydrogens (tertiary/aromatic N) is 1. The minimum atomic E-state index is -1.46. The first-order valence-corrected chi connectivity index (χ1v) is 6.03. The first-order chi connectivity index (χ1) is 9.13. The SMILES string of the molecule is CCOc1ccccc1C1=NOC(CN)(C(=O)O)C1. The standard InChI is InChI=1S/C13H16N2O4/c1-2-18-11-6-4-3-5-9(11)10-7-13(8-14,12(16)17)19-15-10/h3-6H,2,7-8,14H2,1H3,(H,16,17). The van der Waals surface area contributed by atoms with Gasteiger partial charge in [0.15, 0.2) is 0 Å². The molecule has 1 aliphatic rings. The van der Waals surface area contributed by atoms with Gasteiger partial charge in [0.1, 0.15) is 5.75 Å². The average molecular weight is 264 g/mol. The van der Waals surface area contributed by atoms with Crippen LogP contribution in [0.5, 0.6) is 5.75 Å². The normalized spacial score (nSPS) is 21.7. The van der Waals surface area contributed by atoms with E-state index in [9.17, 15) is 9.90 Å². The highest BCUT2D eigenvalue weighted by molar-refractivity contribution is 6.06. The zero-order chi connectivity index (χ0) is 13.9. The fourth-order valence-electron chi connectivity index (χ4n) is 1.92. The van der Waals surface area contributed by atoms with Gasteiger partial charge >= 0.3 is 5.97 Å². The summed E-state index contributed by atoms with van der Waals surface area (Å²) in [6.07, 6.45) is 0.128. The Bertz CT molecular complexity index is 515. The maximum atomic E-state index is 11.2. The number of benzene rings is 1. The van der Waals surface area contributed by atoms with Crippen LogP contribution >= 0.6 is 0 Å². The molecule has 1 aliphatic heterocycles. The van der Waals surface area contributed by atoms with Gasteiger partial charge in [-0.2, -0.15) is 0 Å². The molecule has 1 atom stereocenters. The maximum Gasteiger partial charge on any atom is 0.352 e. The van der Waals surface area contributed by atoms with Crippen LogP contribution in [0, 0.1) is 0 Å². The highest BCUT2D eigenvalue weighted by Crippen LogP contribution is 2.30. The summed E-state index contributed by atoms with van der Waals surface area (Å²) in [6, 6.07) is 7.31. The van der Waals surface area contributed by atoms with Crippen LogP contribution in [0.4, 0.5) is 0 Å². The number of carboxylic acid groups (broad SMARTS) is 1. The molecule has 1 aromatic rings. The molecule has 1 aromatic carbocycles. The van der Waals surface area contributed by atoms with Crippen molar-refractivity contribution in [2.75, 3.05) is 13.2 Å². The van der Waals surface area contributed by atoms with Gasteiger partial charge in [0.2, 0.25) is 0 Å². The van der Waals surface area contributed by atoms with Crippen molar-refractivity contribution in [1.82, 2.24) is 0 Å². The molecule has 6 nitrogen and oxygen atoms in total. The van der Waals surface area contributed by atoms with Crippen LogP contribution in [0.25, 0.3) is 0 Å². The summed E-state index contributed by atoms with van der Waals surface area (Å²) in [5.74, 6) is -0.451. The Balaban J connectivity index is 2.28. The number of para-hydroxylation sites is 1. The predicted octanol–water partition coefficient (Wildman–Crippen LogP) is 0.992. The highest BCUT2D eigenvalue weighted by Gasteiger charge is 2.46. The van der Waals surface area contributed by atoms with Crippen LogP contribution in [0.15, 0.2) is 29.4 Å². The Kier molecular flexibility index (Phi) is 3.71. The van der Waals surface area contributed by atoms with Gasteiger partial charge < -0.3 is 20.4 Å². The second kappa shape index (κ2) is 5.27. The van der Waals surface area contributed by atoms with Crippen molar-refractivity contribution in [2.45, 2.75) is 18.9 Å². The van der Waals surface area contributed by atoms with Gasteiger partial charge in [0.05, 0.1) is 12.3 Å². The number of hydrogen-bond acceptors (Lipinski definition) is 5. The summed E-state index contributed by atoms with van der Waals surface area (Å²) in [5.41, 5.74) is 5.31. The highest BCUT2D eigenvalue weighted by atomic mass is 16.7. The van der Waals surface area contributed by atoms with E-state index in [2.05, 4.69) is 5.16 Å². The second-order valence-corrected chi connectivity index (χ2v) is 4.24. The molecule has 3 N–H and O–H groups in total. The van der Waals surface area contributed by atoms with Gasteiger partial charge in [0.25, 0.3) is 5.60 Å². The van der Waals surface area contributed by atoms with E-state index < -0.39 is 11.6 Å². The second-order valence-electron chi connectivity index (χ2n) is 4.24. The van der Waals surface area contributed by atoms with Crippen molar-refractivity contribution >= 4 is 11.7 Å². The number of rotatable bonds is 5. The van der Waals surface area contributed by atoms with Crippen LogP contribution in [0.3, 0.4) is 0 Å². The minimum absolute atomic E-state index is 0.128. The maximum absolute atomic E-state index is 11.2. The van der Waals surface area contributed by atoms with Crippen molar-refractivity contribution in [3.8, 4) is 5.75 Å². The Hall–Kier alpha value is -2.08. The first-order valence-electron chi connectivity index (χ1n) is 6.03. The topological polar surface area (TPSA) is 94.1 Å². The zero-order valence-electron chi connectivity index (χ0n) is 10.6. The first kappa shape index (κ1) is 13.4. The largest absolute Gasteiger partial charge is 0.493 e. The van der Waals surface area contributed by atoms with E-state index in [1.54, 1.807) is 0 Å². The Morgan fingerprint density at radius 3 is 2.89 bits per heavy atom. The van der Waals surface area contributed by atoms with Crippen molar-refractivity contribution < 1.29 is 19.5 Å². The van der Waals surface area contributed by atoms with E-state index in [1.165, 1.54) is 0 Å². The molecule has 0 saturated carbocycles. The summed E-state index contributed by atoms with van der Waals surface area (Å²) in [6.45, 7) is 2.27. The van der Waals surface area contributed by atoms with E-state index in [0.717, 1.165) is 5.56 Å². The van der Waals surface area contributed by atoms with Crippen LogP contribution in [0.2, 0.25) is 0 Å². The van der Waals surface area contributed by atoms with Gasteiger partial charge in [-0.3, -0.25) is 0 Å². The molecule has 1 heterocycles. The number of hydrogen-bond donors (Lipinski definition) is 2. The van der Waals surface area contributed by atoms with Crippen molar-refractivity contribution in [2.24, 2.45) is 10.9 Å². The molecule has 0 fully saturated rings. The molecule has 19 heavy (non-hydrogen) atoms. The molecule has 0 saturated heterocycles. The number of aliphatic carboxylic acids is 1. The quantitative estimate of drug-likeness (QED) is 0.827. The lowest BCUT2D eigenvalue weighted by Crippen LogP contribution is -2.45. The number of ether oxygens (including phenoxy) is 1. The monoisotopic (exact) mass is 264 g/mol. The van der Waals surface area contributed by atoms with E-state index in [1.807, 2.05) is 31.2 Å². The lowest BCUT2D eigenvalue weighted by Gasteiger charge is -2.18. The zero-order valence-corrected chi connectivity index (χ0v) is 10.6. The van der Waals surface area contributed by atoms with Crippen LogP contribution in [-0.2, 0) is 9.63 Å². The van der Waals surface area contributed by atoms with Gasteiger partial charge in [-0.25, -0.2) is 4.79 Å². The van der Waals surface area contributed by atoms with Crippen molar-refractivity contribution in [3.63, 3.8) is 0 Å². The van der Waals surface area contributed by atoms with E-state index in [0.29, 0.717) is 18.1 Å². The lowest BCUT2D eigenvalue weighted by molar-refractivity contribution is -0.161. The molecule has 0 aliphatic carbocycles. The number of carboxylic acids is 1. The summed E-state index contributed by atoms with van der Waals surface area (Å²) in [4.78, 5) is 16.3. The fourth-order valence-corrected chi connectivity index (χ4v) is 1.92. The number of oxime groups is 1. The van der Waals surface area contributed by atoms with E-state index in [4.69, 9.17) is 15.3 Å². The minimum Gasteiger partial charge on any atom is -0.493 e.